The van der Waals surface area contributed by atoms with Crippen LogP contribution < -0.4 is 16.0 Å². The zero-order valence-corrected chi connectivity index (χ0v) is 22.9. The molecule has 9 nitrogen and oxygen atoms in total. The summed E-state index contributed by atoms with van der Waals surface area (Å²) in [5.41, 5.74) is -0.142. The van der Waals surface area contributed by atoms with E-state index in [9.17, 15) is 28.7 Å². The van der Waals surface area contributed by atoms with Crippen molar-refractivity contribution in [3.8, 4) is 0 Å². The van der Waals surface area contributed by atoms with E-state index in [-0.39, 0.29) is 17.8 Å². The number of aliphatic hydroxyl groups is 1. The minimum atomic E-state index is -1.15. The molecular formula is C27H37FN4O5. The maximum absolute atomic E-state index is 13.6. The van der Waals surface area contributed by atoms with Crippen molar-refractivity contribution >= 4 is 29.2 Å². The quantitative estimate of drug-likeness (QED) is 0.317. The Morgan fingerprint density at radius 2 is 1.65 bits per heavy atom. The van der Waals surface area contributed by atoms with Crippen molar-refractivity contribution in [2.45, 2.75) is 67.0 Å². The van der Waals surface area contributed by atoms with Crippen LogP contribution in [0.15, 0.2) is 18.2 Å². The van der Waals surface area contributed by atoms with Crippen LogP contribution in [0, 0.1) is 32.0 Å². The number of carbonyl (C=O) groups excluding carboxylic acids is 4. The second-order valence-electron chi connectivity index (χ2n) is 11.0. The van der Waals surface area contributed by atoms with Crippen LogP contribution in [0.3, 0.4) is 0 Å². The Kier molecular flexibility index (Phi) is 8.70. The molecule has 1 heterocycles. The van der Waals surface area contributed by atoms with E-state index in [4.69, 9.17) is 0 Å². The fourth-order valence-corrected chi connectivity index (χ4v) is 3.93. The molecule has 1 atom stereocenters. The van der Waals surface area contributed by atoms with Gasteiger partial charge in [-0.3, -0.25) is 19.2 Å². The number of carbonyl (C=O) groups is 4. The van der Waals surface area contributed by atoms with Gasteiger partial charge in [-0.1, -0.05) is 20.8 Å². The first-order valence-corrected chi connectivity index (χ1v) is 11.9. The molecular weight excluding hydrogens is 479 g/mol. The third-order valence-electron chi connectivity index (χ3n) is 6.09. The molecule has 2 aromatic rings. The summed E-state index contributed by atoms with van der Waals surface area (Å²) in [6, 6.07) is 3.12. The third-order valence-corrected chi connectivity index (χ3v) is 6.09. The summed E-state index contributed by atoms with van der Waals surface area (Å²) in [5, 5.41) is 17.7. The van der Waals surface area contributed by atoms with Gasteiger partial charge < -0.3 is 25.6 Å². The number of anilines is 1. The van der Waals surface area contributed by atoms with Gasteiger partial charge in [0.05, 0.1) is 16.9 Å². The molecule has 37 heavy (non-hydrogen) atoms. The Labute approximate surface area is 216 Å². The monoisotopic (exact) mass is 516 g/mol. The largest absolute Gasteiger partial charge is 0.389 e. The van der Waals surface area contributed by atoms with Gasteiger partial charge in [0.25, 0.3) is 17.6 Å². The van der Waals surface area contributed by atoms with Gasteiger partial charge in [-0.2, -0.15) is 0 Å². The number of Topliss-reactive ketones (excluding diaryl/α,β-unsaturated/α-hetero) is 1. The number of ketones is 1. The summed E-state index contributed by atoms with van der Waals surface area (Å²) < 4.78 is 15.1. The maximum atomic E-state index is 13.6. The normalized spacial score (nSPS) is 12.6. The lowest BCUT2D eigenvalue weighted by Crippen LogP contribution is -2.56. The molecule has 1 unspecified atom stereocenters. The van der Waals surface area contributed by atoms with E-state index in [2.05, 4.69) is 16.0 Å². The second kappa shape index (κ2) is 10.8. The van der Waals surface area contributed by atoms with Crippen LogP contribution in [0.2, 0.25) is 0 Å². The van der Waals surface area contributed by atoms with E-state index in [0.29, 0.717) is 22.5 Å². The number of amides is 3. The highest BCUT2D eigenvalue weighted by Gasteiger charge is 2.36. The number of benzene rings is 1. The van der Waals surface area contributed by atoms with Gasteiger partial charge in [0.15, 0.2) is 0 Å². The number of aromatic nitrogens is 1. The molecule has 0 bridgehead atoms. The SMILES string of the molecule is Cc1cc(NC(=O)c2c(C)c(C(=O)C(=O)NC(C(=O)NCC(C)(C)O)C(C)(C)C)n(C)c2C)ccc1F. The van der Waals surface area contributed by atoms with E-state index in [1.165, 1.54) is 36.6 Å². The number of aryl methyl sites for hydroxylation is 1. The predicted molar refractivity (Wildman–Crippen MR) is 139 cm³/mol. The molecule has 3 amide bonds. The zero-order chi connectivity index (χ0) is 28.5. The van der Waals surface area contributed by atoms with E-state index in [1.807, 2.05) is 0 Å². The van der Waals surface area contributed by atoms with Crippen LogP contribution in [0.1, 0.15) is 72.3 Å². The van der Waals surface area contributed by atoms with Gasteiger partial charge in [-0.15, -0.1) is 0 Å². The first-order valence-electron chi connectivity index (χ1n) is 11.9. The lowest BCUT2D eigenvalue weighted by Gasteiger charge is -2.31. The molecule has 1 aromatic heterocycles. The van der Waals surface area contributed by atoms with Gasteiger partial charge in [0.2, 0.25) is 5.91 Å². The third kappa shape index (κ3) is 7.03. The van der Waals surface area contributed by atoms with Crippen molar-refractivity contribution in [2.75, 3.05) is 11.9 Å². The van der Waals surface area contributed by atoms with Gasteiger partial charge >= 0.3 is 0 Å². The first kappa shape index (κ1) is 29.7. The highest BCUT2D eigenvalue weighted by molar-refractivity contribution is 6.43. The molecule has 0 saturated carbocycles. The van der Waals surface area contributed by atoms with Crippen LogP contribution >= 0.6 is 0 Å². The molecule has 0 radical (unpaired) electrons. The average molecular weight is 517 g/mol. The molecule has 0 aliphatic heterocycles. The van der Waals surface area contributed by atoms with Crippen molar-refractivity contribution in [3.05, 3.63) is 52.1 Å². The van der Waals surface area contributed by atoms with Gasteiger partial charge in [-0.05, 0) is 69.4 Å². The topological polar surface area (TPSA) is 130 Å². The van der Waals surface area contributed by atoms with Crippen molar-refractivity contribution in [3.63, 3.8) is 0 Å². The maximum Gasteiger partial charge on any atom is 0.294 e. The minimum Gasteiger partial charge on any atom is -0.389 e. The Morgan fingerprint density at radius 3 is 2.16 bits per heavy atom. The smallest absolute Gasteiger partial charge is 0.294 e. The molecule has 0 aliphatic rings. The van der Waals surface area contributed by atoms with E-state index < -0.39 is 46.4 Å². The number of nitrogens with one attached hydrogen (secondary N) is 3. The molecule has 4 N–H and O–H groups in total. The molecule has 0 fully saturated rings. The van der Waals surface area contributed by atoms with Crippen molar-refractivity contribution < 1.29 is 28.7 Å². The summed E-state index contributed by atoms with van der Waals surface area (Å²) >= 11 is 0. The minimum absolute atomic E-state index is 0.0139. The fourth-order valence-electron chi connectivity index (χ4n) is 3.93. The standard InChI is InChI=1S/C27H37FN4O5/c1-14-12-17(10-11-18(14)28)30-23(34)19-15(2)20(32(9)16(19)3)21(33)24(35)31-22(26(4,5)6)25(36)29-13-27(7,8)37/h10-12,22,37H,13H2,1-9H3,(H,29,36)(H,30,34)(H,31,35). The number of hydrogen-bond acceptors (Lipinski definition) is 5. The van der Waals surface area contributed by atoms with E-state index in [0.717, 1.165) is 0 Å². The van der Waals surface area contributed by atoms with Crippen LogP contribution in [0.5, 0.6) is 0 Å². The predicted octanol–water partition coefficient (Wildman–Crippen LogP) is 2.94. The average Bonchev–Trinajstić information content (AvgIpc) is 2.99. The second-order valence-corrected chi connectivity index (χ2v) is 11.0. The number of hydrogen-bond donors (Lipinski definition) is 4. The number of rotatable bonds is 8. The molecule has 1 aromatic carbocycles. The molecule has 202 valence electrons. The van der Waals surface area contributed by atoms with Gasteiger partial charge in [-0.25, -0.2) is 4.39 Å². The number of nitrogens with zero attached hydrogens (tertiary/aromatic N) is 1. The Bertz CT molecular complexity index is 1230. The van der Waals surface area contributed by atoms with Crippen molar-refractivity contribution in [2.24, 2.45) is 12.5 Å². The van der Waals surface area contributed by atoms with E-state index >= 15 is 0 Å². The molecule has 0 aliphatic carbocycles. The molecule has 0 saturated heterocycles. The summed E-state index contributed by atoms with van der Waals surface area (Å²) in [7, 11) is 1.57. The van der Waals surface area contributed by atoms with Crippen molar-refractivity contribution in [1.29, 1.82) is 0 Å². The van der Waals surface area contributed by atoms with Crippen LogP contribution in [0.25, 0.3) is 0 Å². The Morgan fingerprint density at radius 1 is 1.05 bits per heavy atom. The van der Waals surface area contributed by atoms with Crippen LogP contribution in [-0.2, 0) is 16.6 Å². The lowest BCUT2D eigenvalue weighted by molar-refractivity contribution is -0.130. The Balaban J connectivity index is 2.32. The molecule has 10 heteroatoms. The van der Waals surface area contributed by atoms with E-state index in [1.54, 1.807) is 48.6 Å². The van der Waals surface area contributed by atoms with Gasteiger partial charge in [0, 0.05) is 25.0 Å². The molecule has 0 spiro atoms. The summed E-state index contributed by atoms with van der Waals surface area (Å²) in [6.07, 6.45) is 0. The van der Waals surface area contributed by atoms with Crippen LogP contribution in [-0.4, -0.2) is 51.4 Å². The molecule has 2 rings (SSSR count). The van der Waals surface area contributed by atoms with Crippen molar-refractivity contribution in [1.82, 2.24) is 15.2 Å². The van der Waals surface area contributed by atoms with Gasteiger partial charge in [0.1, 0.15) is 11.9 Å². The number of halogens is 1. The lowest BCUT2D eigenvalue weighted by atomic mass is 9.85. The Hall–Kier alpha value is -3.53. The highest BCUT2D eigenvalue weighted by atomic mass is 19.1. The summed E-state index contributed by atoms with van der Waals surface area (Å²) in [5.74, 6) is -3.33. The highest BCUT2D eigenvalue weighted by Crippen LogP contribution is 2.25. The zero-order valence-electron chi connectivity index (χ0n) is 22.9. The first-order chi connectivity index (χ1) is 16.8. The summed E-state index contributed by atoms with van der Waals surface area (Å²) in [6.45, 7) is 13.0. The fraction of sp³-hybridized carbons (Fsp3) is 0.481. The van der Waals surface area contributed by atoms with Crippen LogP contribution in [0.4, 0.5) is 10.1 Å². The summed E-state index contributed by atoms with van der Waals surface area (Å²) in [4.78, 5) is 52.1.